The van der Waals surface area contributed by atoms with Crippen molar-refractivity contribution >= 4 is 5.84 Å². The number of amidine groups is 1. The van der Waals surface area contributed by atoms with Gasteiger partial charge in [0.1, 0.15) is 12.4 Å². The van der Waals surface area contributed by atoms with Crippen molar-refractivity contribution in [2.75, 3.05) is 6.61 Å². The van der Waals surface area contributed by atoms with Crippen molar-refractivity contribution in [3.05, 3.63) is 53.9 Å². The Balaban J connectivity index is 2.16. The van der Waals surface area contributed by atoms with Crippen LogP contribution in [-0.2, 0) is 6.61 Å². The summed E-state index contributed by atoms with van der Waals surface area (Å²) in [5, 5.41) is 7.45. The van der Waals surface area contributed by atoms with Crippen LogP contribution in [0.4, 0.5) is 0 Å². The van der Waals surface area contributed by atoms with E-state index < -0.39 is 0 Å². The van der Waals surface area contributed by atoms with E-state index in [9.17, 15) is 0 Å². The minimum atomic E-state index is 0.00615. The molecule has 0 bridgehead atoms. The highest BCUT2D eigenvalue weighted by atomic mass is 16.5. The summed E-state index contributed by atoms with van der Waals surface area (Å²) in [6.07, 6.45) is 3.45. The number of aromatic nitrogens is 1. The third kappa shape index (κ3) is 3.47. The summed E-state index contributed by atoms with van der Waals surface area (Å²) >= 11 is 0. The Bertz CT molecular complexity index is 585. The molecule has 2 rings (SSSR count). The minimum Gasteiger partial charge on any atom is -0.490 e. The number of rotatable bonds is 6. The average molecular weight is 271 g/mol. The van der Waals surface area contributed by atoms with E-state index in [0.29, 0.717) is 30.3 Å². The monoisotopic (exact) mass is 271 g/mol. The van der Waals surface area contributed by atoms with Gasteiger partial charge in [-0.15, -0.1) is 0 Å². The SMILES string of the molecule is CCOc1cc(C(=N)N)ccc1OCc1ccncc1. The van der Waals surface area contributed by atoms with E-state index in [1.807, 2.05) is 19.1 Å². The van der Waals surface area contributed by atoms with Crippen LogP contribution in [0.1, 0.15) is 18.1 Å². The minimum absolute atomic E-state index is 0.00615. The summed E-state index contributed by atoms with van der Waals surface area (Å²) in [5.74, 6) is 1.23. The second-order valence-corrected chi connectivity index (χ2v) is 4.15. The van der Waals surface area contributed by atoms with Gasteiger partial charge in [-0.05, 0) is 42.8 Å². The molecule has 5 heteroatoms. The maximum Gasteiger partial charge on any atom is 0.161 e. The molecule has 0 amide bonds. The van der Waals surface area contributed by atoms with Crippen LogP contribution in [0.5, 0.6) is 11.5 Å². The van der Waals surface area contributed by atoms with Gasteiger partial charge in [0, 0.05) is 18.0 Å². The molecular weight excluding hydrogens is 254 g/mol. The second-order valence-electron chi connectivity index (χ2n) is 4.15. The number of nitrogen functional groups attached to an aromatic ring is 1. The number of ether oxygens (including phenoxy) is 2. The van der Waals surface area contributed by atoms with E-state index in [-0.39, 0.29) is 5.84 Å². The molecule has 1 aromatic carbocycles. The van der Waals surface area contributed by atoms with Gasteiger partial charge >= 0.3 is 0 Å². The van der Waals surface area contributed by atoms with Gasteiger partial charge in [-0.25, -0.2) is 0 Å². The van der Waals surface area contributed by atoms with Gasteiger partial charge in [0.15, 0.2) is 11.5 Å². The normalized spacial score (nSPS) is 10.1. The van der Waals surface area contributed by atoms with Crippen LogP contribution in [0, 0.1) is 5.41 Å². The molecule has 5 nitrogen and oxygen atoms in total. The van der Waals surface area contributed by atoms with Crippen LogP contribution in [0.25, 0.3) is 0 Å². The summed E-state index contributed by atoms with van der Waals surface area (Å²) in [6.45, 7) is 2.85. The Morgan fingerprint density at radius 3 is 2.55 bits per heavy atom. The van der Waals surface area contributed by atoms with E-state index >= 15 is 0 Å². The van der Waals surface area contributed by atoms with Crippen molar-refractivity contribution in [1.82, 2.24) is 4.98 Å². The number of nitrogens with zero attached hydrogens (tertiary/aromatic N) is 1. The highest BCUT2D eigenvalue weighted by molar-refractivity contribution is 5.95. The molecule has 0 aliphatic rings. The Morgan fingerprint density at radius 1 is 1.15 bits per heavy atom. The highest BCUT2D eigenvalue weighted by Gasteiger charge is 2.08. The predicted octanol–water partition coefficient (Wildman–Crippen LogP) is 2.34. The van der Waals surface area contributed by atoms with Crippen molar-refractivity contribution in [3.8, 4) is 11.5 Å². The van der Waals surface area contributed by atoms with Crippen molar-refractivity contribution in [2.45, 2.75) is 13.5 Å². The van der Waals surface area contributed by atoms with Crippen LogP contribution in [0.2, 0.25) is 0 Å². The summed E-state index contributed by atoms with van der Waals surface area (Å²) in [5.41, 5.74) is 7.12. The largest absolute Gasteiger partial charge is 0.490 e. The molecule has 0 fully saturated rings. The number of hydrogen-bond donors (Lipinski definition) is 2. The fourth-order valence-electron chi connectivity index (χ4n) is 1.70. The molecule has 0 saturated heterocycles. The number of pyridine rings is 1. The van der Waals surface area contributed by atoms with Crippen LogP contribution < -0.4 is 15.2 Å². The van der Waals surface area contributed by atoms with Gasteiger partial charge in [0.05, 0.1) is 6.61 Å². The molecular formula is C15H17N3O2. The van der Waals surface area contributed by atoms with E-state index in [0.717, 1.165) is 5.56 Å². The number of hydrogen-bond acceptors (Lipinski definition) is 4. The molecule has 0 saturated carbocycles. The van der Waals surface area contributed by atoms with Gasteiger partial charge in [-0.1, -0.05) is 0 Å². The fraction of sp³-hybridized carbons (Fsp3) is 0.200. The molecule has 0 spiro atoms. The molecule has 1 heterocycles. The number of nitrogens with two attached hydrogens (primary N) is 1. The first-order chi connectivity index (χ1) is 9.70. The van der Waals surface area contributed by atoms with Gasteiger partial charge in [0.2, 0.25) is 0 Å². The number of nitrogens with one attached hydrogen (secondary N) is 1. The summed E-state index contributed by atoms with van der Waals surface area (Å²) < 4.78 is 11.3. The Kier molecular flexibility index (Phi) is 4.55. The first kappa shape index (κ1) is 13.9. The lowest BCUT2D eigenvalue weighted by atomic mass is 10.2. The molecule has 1 aromatic heterocycles. The Morgan fingerprint density at radius 2 is 1.90 bits per heavy atom. The van der Waals surface area contributed by atoms with Crippen LogP contribution >= 0.6 is 0 Å². The van der Waals surface area contributed by atoms with Gasteiger partial charge in [0.25, 0.3) is 0 Å². The number of benzene rings is 1. The first-order valence-electron chi connectivity index (χ1n) is 6.33. The van der Waals surface area contributed by atoms with Gasteiger partial charge in [-0.2, -0.15) is 0 Å². The third-order valence-corrected chi connectivity index (χ3v) is 2.70. The van der Waals surface area contributed by atoms with Crippen LogP contribution in [0.3, 0.4) is 0 Å². The smallest absolute Gasteiger partial charge is 0.161 e. The van der Waals surface area contributed by atoms with Crippen LogP contribution in [-0.4, -0.2) is 17.4 Å². The van der Waals surface area contributed by atoms with E-state index in [4.69, 9.17) is 20.6 Å². The standard InChI is InChI=1S/C15H17N3O2/c1-2-19-14-9-12(15(16)17)3-4-13(14)20-10-11-5-7-18-8-6-11/h3-9H,2,10H2,1H3,(H3,16,17). The summed E-state index contributed by atoms with van der Waals surface area (Å²) in [6, 6.07) is 9.01. The molecule has 2 aromatic rings. The molecule has 0 aliphatic heterocycles. The molecule has 0 unspecified atom stereocenters. The molecule has 20 heavy (non-hydrogen) atoms. The maximum absolute atomic E-state index is 7.45. The van der Waals surface area contributed by atoms with E-state index in [2.05, 4.69) is 4.98 Å². The van der Waals surface area contributed by atoms with Crippen molar-refractivity contribution in [2.24, 2.45) is 5.73 Å². The molecule has 0 aliphatic carbocycles. The quantitative estimate of drug-likeness (QED) is 0.624. The topological polar surface area (TPSA) is 81.2 Å². The lowest BCUT2D eigenvalue weighted by Crippen LogP contribution is -2.11. The second kappa shape index (κ2) is 6.56. The zero-order valence-electron chi connectivity index (χ0n) is 11.3. The average Bonchev–Trinajstić information content (AvgIpc) is 2.47. The van der Waals surface area contributed by atoms with Crippen molar-refractivity contribution < 1.29 is 9.47 Å². The Hall–Kier alpha value is -2.56. The van der Waals surface area contributed by atoms with Crippen molar-refractivity contribution in [1.29, 1.82) is 5.41 Å². The molecule has 3 N–H and O–H groups in total. The summed E-state index contributed by atoms with van der Waals surface area (Å²) in [4.78, 5) is 3.96. The molecule has 0 radical (unpaired) electrons. The predicted molar refractivity (Wildman–Crippen MR) is 77.2 cm³/mol. The highest BCUT2D eigenvalue weighted by Crippen LogP contribution is 2.29. The van der Waals surface area contributed by atoms with Crippen LogP contribution in [0.15, 0.2) is 42.7 Å². The van der Waals surface area contributed by atoms with E-state index in [1.54, 1.807) is 30.6 Å². The van der Waals surface area contributed by atoms with E-state index in [1.165, 1.54) is 0 Å². The zero-order chi connectivity index (χ0) is 14.4. The molecule has 104 valence electrons. The van der Waals surface area contributed by atoms with Gasteiger partial charge in [-0.3, -0.25) is 10.4 Å². The molecule has 0 atom stereocenters. The van der Waals surface area contributed by atoms with Gasteiger partial charge < -0.3 is 15.2 Å². The summed E-state index contributed by atoms with van der Waals surface area (Å²) in [7, 11) is 0. The lowest BCUT2D eigenvalue weighted by molar-refractivity contribution is 0.269. The third-order valence-electron chi connectivity index (χ3n) is 2.70. The Labute approximate surface area is 117 Å². The zero-order valence-corrected chi connectivity index (χ0v) is 11.3. The lowest BCUT2D eigenvalue weighted by Gasteiger charge is -2.13. The van der Waals surface area contributed by atoms with Crippen molar-refractivity contribution in [3.63, 3.8) is 0 Å². The first-order valence-corrected chi connectivity index (χ1v) is 6.33. The maximum atomic E-state index is 7.45. The fourth-order valence-corrected chi connectivity index (χ4v) is 1.70.